The summed E-state index contributed by atoms with van der Waals surface area (Å²) in [5.74, 6) is 1.49. The van der Waals surface area contributed by atoms with Crippen LogP contribution < -0.4 is 10.2 Å². The Morgan fingerprint density at radius 3 is 2.66 bits per heavy atom. The Kier molecular flexibility index (Phi) is 6.42. The molecule has 1 spiro atoms. The highest BCUT2D eigenvalue weighted by atomic mass is 35.5. The number of anilines is 3. The monoisotopic (exact) mass is 555 g/mol. The van der Waals surface area contributed by atoms with Crippen LogP contribution in [-0.2, 0) is 14.6 Å². The second kappa shape index (κ2) is 9.52. The average Bonchev–Trinajstić information content (AvgIpc) is 3.40. The molecule has 1 saturated heterocycles. The van der Waals surface area contributed by atoms with Crippen molar-refractivity contribution < 1.29 is 13.2 Å². The van der Waals surface area contributed by atoms with Gasteiger partial charge >= 0.3 is 0 Å². The number of carbonyl (C=O) groups is 1. The number of likely N-dealkylation sites (tertiary alicyclic amines) is 1. The molecule has 2 aliphatic heterocycles. The zero-order valence-corrected chi connectivity index (χ0v) is 23.5. The topological polar surface area (TPSA) is 95.5 Å². The summed E-state index contributed by atoms with van der Waals surface area (Å²) in [6.07, 6.45) is 10.9. The van der Waals surface area contributed by atoms with Gasteiger partial charge in [-0.05, 0) is 74.3 Å². The lowest BCUT2D eigenvalue weighted by Crippen LogP contribution is -2.52. The summed E-state index contributed by atoms with van der Waals surface area (Å²) < 4.78 is 26.8. The second-order valence-electron chi connectivity index (χ2n) is 11.5. The van der Waals surface area contributed by atoms with Crippen molar-refractivity contribution in [2.24, 2.45) is 5.41 Å². The van der Waals surface area contributed by atoms with E-state index in [4.69, 9.17) is 16.6 Å². The summed E-state index contributed by atoms with van der Waals surface area (Å²) >= 11 is 6.43. The highest BCUT2D eigenvalue weighted by molar-refractivity contribution is 7.92. The molecule has 1 aromatic carbocycles. The van der Waals surface area contributed by atoms with Crippen LogP contribution in [0.25, 0.3) is 6.08 Å². The third-order valence-electron chi connectivity index (χ3n) is 8.93. The molecular formula is C28H34ClN5O3S. The average molecular weight is 556 g/mol. The number of benzene rings is 1. The minimum Gasteiger partial charge on any atom is -0.348 e. The van der Waals surface area contributed by atoms with E-state index < -0.39 is 15.1 Å². The highest BCUT2D eigenvalue weighted by Crippen LogP contribution is 2.53. The van der Waals surface area contributed by atoms with Gasteiger partial charge in [0.2, 0.25) is 11.9 Å². The molecule has 1 amide bonds. The maximum absolute atomic E-state index is 13.4. The molecule has 2 aromatic rings. The number of carbonyl (C=O) groups excluding carboxylic acids is 1. The number of aromatic nitrogens is 2. The van der Waals surface area contributed by atoms with Gasteiger partial charge in [0.15, 0.2) is 9.84 Å². The van der Waals surface area contributed by atoms with Crippen LogP contribution in [0.2, 0.25) is 0 Å². The molecule has 38 heavy (non-hydrogen) atoms. The number of hydrogen-bond acceptors (Lipinski definition) is 7. The second-order valence-corrected chi connectivity index (χ2v) is 14.3. The van der Waals surface area contributed by atoms with E-state index in [-0.39, 0.29) is 11.3 Å². The minimum absolute atomic E-state index is 0.119. The van der Waals surface area contributed by atoms with E-state index in [1.165, 1.54) is 12.8 Å². The van der Waals surface area contributed by atoms with Gasteiger partial charge in [0.1, 0.15) is 5.82 Å². The van der Waals surface area contributed by atoms with Crippen molar-refractivity contribution in [1.82, 2.24) is 14.9 Å². The zero-order valence-electron chi connectivity index (χ0n) is 21.9. The van der Waals surface area contributed by atoms with Crippen LogP contribution in [0.1, 0.15) is 62.5 Å². The maximum Gasteiger partial charge on any atom is 0.229 e. The van der Waals surface area contributed by atoms with Crippen molar-refractivity contribution in [3.8, 4) is 0 Å². The van der Waals surface area contributed by atoms with E-state index in [2.05, 4.69) is 15.2 Å². The Labute approximate surface area is 229 Å². The molecule has 2 saturated carbocycles. The molecule has 202 valence electrons. The molecule has 0 unspecified atom stereocenters. The molecule has 3 fully saturated rings. The standard InChI is InChI=1S/C28H34ClN5O3S/c1-18-11-22(38(36,37)23-13-28(14-23)9-10-33(2)25(35)15-28)7-8-24(18)31-27-30-16-19-12-20(29)17-34(26(19)32-27)21-5-3-4-6-21/h7-8,11-12,16,21,23H,3-6,9-10,13-15,17H2,1-2H3,(H,30,31,32). The minimum atomic E-state index is -3.46. The van der Waals surface area contributed by atoms with Gasteiger partial charge in [0.05, 0.1) is 16.7 Å². The fourth-order valence-corrected chi connectivity index (χ4v) is 8.93. The molecule has 3 heterocycles. The van der Waals surface area contributed by atoms with Crippen molar-refractivity contribution in [2.75, 3.05) is 30.4 Å². The van der Waals surface area contributed by atoms with Crippen molar-refractivity contribution >= 4 is 50.9 Å². The van der Waals surface area contributed by atoms with Gasteiger partial charge in [0.25, 0.3) is 0 Å². The first-order chi connectivity index (χ1) is 18.1. The number of rotatable bonds is 5. The van der Waals surface area contributed by atoms with Crippen LogP contribution in [-0.4, -0.2) is 60.6 Å². The number of hydrogen-bond donors (Lipinski definition) is 1. The maximum atomic E-state index is 13.4. The predicted octanol–water partition coefficient (Wildman–Crippen LogP) is 5.05. The van der Waals surface area contributed by atoms with Crippen LogP contribution in [0.5, 0.6) is 0 Å². The van der Waals surface area contributed by atoms with E-state index in [1.807, 2.05) is 20.0 Å². The van der Waals surface area contributed by atoms with Crippen molar-refractivity contribution in [2.45, 2.75) is 74.5 Å². The fourth-order valence-electron chi connectivity index (χ4n) is 6.56. The van der Waals surface area contributed by atoms with E-state index in [1.54, 1.807) is 29.3 Å². The number of halogens is 1. The first kappa shape index (κ1) is 25.6. The Morgan fingerprint density at radius 2 is 1.95 bits per heavy atom. The van der Waals surface area contributed by atoms with Crippen LogP contribution in [0.3, 0.4) is 0 Å². The Bertz CT molecular complexity index is 1410. The Balaban J connectivity index is 1.18. The van der Waals surface area contributed by atoms with Gasteiger partial charge in [0, 0.05) is 48.5 Å². The molecule has 0 bridgehead atoms. The van der Waals surface area contributed by atoms with Crippen LogP contribution in [0.4, 0.5) is 17.5 Å². The number of sulfone groups is 1. The molecule has 6 rings (SSSR count). The lowest BCUT2D eigenvalue weighted by molar-refractivity contribution is -0.139. The van der Waals surface area contributed by atoms with Crippen LogP contribution in [0.15, 0.2) is 34.3 Å². The lowest BCUT2D eigenvalue weighted by Gasteiger charge is -2.50. The van der Waals surface area contributed by atoms with E-state index >= 15 is 0 Å². The van der Waals surface area contributed by atoms with E-state index in [0.29, 0.717) is 49.2 Å². The third-order valence-corrected chi connectivity index (χ3v) is 11.3. The molecule has 0 atom stereocenters. The smallest absolute Gasteiger partial charge is 0.229 e. The molecule has 1 aromatic heterocycles. The highest BCUT2D eigenvalue weighted by Gasteiger charge is 2.52. The summed E-state index contributed by atoms with van der Waals surface area (Å²) in [6, 6.07) is 5.63. The van der Waals surface area contributed by atoms with Crippen molar-refractivity contribution in [3.63, 3.8) is 0 Å². The molecule has 8 nitrogen and oxygen atoms in total. The number of aryl methyl sites for hydroxylation is 1. The fraction of sp³-hybridized carbons (Fsp3) is 0.536. The largest absolute Gasteiger partial charge is 0.348 e. The number of nitrogens with zero attached hydrogens (tertiary/aromatic N) is 4. The summed E-state index contributed by atoms with van der Waals surface area (Å²) in [4.78, 5) is 25.9. The Morgan fingerprint density at radius 1 is 1.18 bits per heavy atom. The number of nitrogens with one attached hydrogen (secondary N) is 1. The predicted molar refractivity (Wildman–Crippen MR) is 149 cm³/mol. The van der Waals surface area contributed by atoms with Gasteiger partial charge in [-0.15, -0.1) is 0 Å². The molecule has 2 aliphatic carbocycles. The number of fused-ring (bicyclic) bond motifs is 1. The van der Waals surface area contributed by atoms with Gasteiger partial charge in [-0.25, -0.2) is 13.4 Å². The third kappa shape index (κ3) is 4.57. The van der Waals surface area contributed by atoms with E-state index in [9.17, 15) is 13.2 Å². The van der Waals surface area contributed by atoms with Gasteiger partial charge in [-0.3, -0.25) is 4.79 Å². The first-order valence-electron chi connectivity index (χ1n) is 13.5. The van der Waals surface area contributed by atoms with Crippen LogP contribution >= 0.6 is 11.6 Å². The quantitative estimate of drug-likeness (QED) is 0.552. The van der Waals surface area contributed by atoms with Gasteiger partial charge in [-0.2, -0.15) is 4.98 Å². The van der Waals surface area contributed by atoms with Gasteiger partial charge in [-0.1, -0.05) is 24.4 Å². The van der Waals surface area contributed by atoms with Crippen molar-refractivity contribution in [3.05, 3.63) is 40.6 Å². The summed E-state index contributed by atoms with van der Waals surface area (Å²) in [5.41, 5.74) is 2.35. The van der Waals surface area contributed by atoms with Crippen LogP contribution in [0, 0.1) is 12.3 Å². The molecular weight excluding hydrogens is 522 g/mol. The normalized spacial score (nSPS) is 25.8. The SMILES string of the molecule is Cc1cc(S(=O)(=O)C2CC3(CCN(C)C(=O)C3)C2)ccc1Nc1ncc2c(n1)N(C1CCCC1)CC(Cl)=C2. The number of amides is 1. The first-order valence-corrected chi connectivity index (χ1v) is 15.4. The van der Waals surface area contributed by atoms with Crippen molar-refractivity contribution in [1.29, 1.82) is 0 Å². The van der Waals surface area contributed by atoms with E-state index in [0.717, 1.165) is 46.9 Å². The molecule has 4 aliphatic rings. The lowest BCUT2D eigenvalue weighted by atomic mass is 9.62. The summed E-state index contributed by atoms with van der Waals surface area (Å²) in [6.45, 7) is 3.26. The Hall–Kier alpha value is -2.65. The zero-order chi connectivity index (χ0) is 26.7. The molecule has 10 heteroatoms. The van der Waals surface area contributed by atoms with Gasteiger partial charge < -0.3 is 15.1 Å². The number of piperidine rings is 1. The summed E-state index contributed by atoms with van der Waals surface area (Å²) in [5, 5.41) is 3.66. The summed E-state index contributed by atoms with van der Waals surface area (Å²) in [7, 11) is -1.65. The molecule has 1 N–H and O–H groups in total. The molecule has 0 radical (unpaired) electrons.